The van der Waals surface area contributed by atoms with Crippen molar-refractivity contribution in [3.63, 3.8) is 0 Å². The fraction of sp³-hybridized carbons (Fsp3) is 0.625. The smallest absolute Gasteiger partial charge is 0.223 e. The lowest BCUT2D eigenvalue weighted by Gasteiger charge is -2.29. The summed E-state index contributed by atoms with van der Waals surface area (Å²) in [6, 6.07) is 2.12. The fourth-order valence-electron chi connectivity index (χ4n) is 3.03. The van der Waals surface area contributed by atoms with E-state index in [1.165, 1.54) is 29.0 Å². The quantitative estimate of drug-likeness (QED) is 0.877. The number of carbonyl (C=O) groups excluding carboxylic acids is 1. The maximum atomic E-state index is 12.3. The Morgan fingerprint density at radius 3 is 2.57 bits per heavy atom. The van der Waals surface area contributed by atoms with Gasteiger partial charge in [-0.2, -0.15) is 0 Å². The van der Waals surface area contributed by atoms with Gasteiger partial charge in [0.2, 0.25) is 15.9 Å². The molecule has 6 nitrogen and oxygen atoms in total. The summed E-state index contributed by atoms with van der Waals surface area (Å²) in [6.45, 7) is 1.34. The van der Waals surface area contributed by atoms with Crippen molar-refractivity contribution in [2.24, 2.45) is 5.92 Å². The van der Waals surface area contributed by atoms with Crippen molar-refractivity contribution in [1.82, 2.24) is 14.6 Å². The molecule has 3 rings (SSSR count). The molecule has 2 heterocycles. The highest BCUT2D eigenvalue weighted by Crippen LogP contribution is 2.39. The molecule has 1 aromatic heterocycles. The Morgan fingerprint density at radius 2 is 1.96 bits per heavy atom. The average molecular weight is 337 g/mol. The van der Waals surface area contributed by atoms with Crippen LogP contribution >= 0.6 is 0 Å². The Hall–Kier alpha value is -1.47. The van der Waals surface area contributed by atoms with Gasteiger partial charge in [-0.05, 0) is 42.7 Å². The Morgan fingerprint density at radius 1 is 1.26 bits per heavy atom. The molecule has 1 saturated carbocycles. The minimum Gasteiger partial charge on any atom is -0.352 e. The summed E-state index contributed by atoms with van der Waals surface area (Å²) < 4.78 is 24.4. The molecule has 0 aromatic carbocycles. The number of carbonyl (C=O) groups is 1. The summed E-state index contributed by atoms with van der Waals surface area (Å²) in [4.78, 5) is 16.5. The first-order valence-electron chi connectivity index (χ1n) is 8.10. The maximum Gasteiger partial charge on any atom is 0.223 e. The van der Waals surface area contributed by atoms with Crippen molar-refractivity contribution in [3.05, 3.63) is 29.6 Å². The molecule has 0 unspecified atom stereocenters. The zero-order valence-electron chi connectivity index (χ0n) is 13.4. The van der Waals surface area contributed by atoms with E-state index in [0.717, 1.165) is 5.56 Å². The second-order valence-electron chi connectivity index (χ2n) is 6.55. The van der Waals surface area contributed by atoms with Crippen LogP contribution in [0.15, 0.2) is 18.5 Å². The van der Waals surface area contributed by atoms with Gasteiger partial charge in [-0.1, -0.05) is 6.07 Å². The van der Waals surface area contributed by atoms with E-state index in [2.05, 4.69) is 16.4 Å². The van der Waals surface area contributed by atoms with Gasteiger partial charge in [-0.25, -0.2) is 12.7 Å². The Bertz CT molecular complexity index is 678. The van der Waals surface area contributed by atoms with Gasteiger partial charge < -0.3 is 5.32 Å². The fourth-order valence-corrected chi connectivity index (χ4v) is 3.90. The van der Waals surface area contributed by atoms with Crippen LogP contribution in [0.3, 0.4) is 0 Å². The standard InChI is InChI=1S/C16H23N3O3S/c1-23(21,22)19-6-4-14(5-7-19)16(20)18-10-12-8-15(11-17-9-12)13-2-3-13/h8-9,11,13-14H,2-7,10H2,1H3,(H,18,20). The summed E-state index contributed by atoms with van der Waals surface area (Å²) in [6.07, 6.45) is 8.54. The zero-order chi connectivity index (χ0) is 16.4. The maximum absolute atomic E-state index is 12.3. The van der Waals surface area contributed by atoms with Gasteiger partial charge in [-0.15, -0.1) is 0 Å². The van der Waals surface area contributed by atoms with Crippen molar-refractivity contribution >= 4 is 15.9 Å². The topological polar surface area (TPSA) is 79.4 Å². The monoisotopic (exact) mass is 337 g/mol. The van der Waals surface area contributed by atoms with E-state index < -0.39 is 10.0 Å². The lowest BCUT2D eigenvalue weighted by atomic mass is 9.97. The number of rotatable bonds is 5. The summed E-state index contributed by atoms with van der Waals surface area (Å²) in [5.41, 5.74) is 2.29. The number of aromatic nitrogens is 1. The molecule has 1 N–H and O–H groups in total. The predicted molar refractivity (Wildman–Crippen MR) is 87.2 cm³/mol. The Kier molecular flexibility index (Phi) is 4.68. The van der Waals surface area contributed by atoms with E-state index in [1.807, 2.05) is 6.20 Å². The number of sulfonamides is 1. The molecule has 2 fully saturated rings. The third-order valence-corrected chi connectivity index (χ3v) is 5.93. The summed E-state index contributed by atoms with van der Waals surface area (Å²) in [5, 5.41) is 2.96. The van der Waals surface area contributed by atoms with Crippen molar-refractivity contribution in [2.75, 3.05) is 19.3 Å². The molecular weight excluding hydrogens is 314 g/mol. The van der Waals surface area contributed by atoms with Crippen LogP contribution in [0.4, 0.5) is 0 Å². The van der Waals surface area contributed by atoms with Crippen molar-refractivity contribution < 1.29 is 13.2 Å². The highest BCUT2D eigenvalue weighted by Gasteiger charge is 2.29. The minimum absolute atomic E-state index is 0.00924. The summed E-state index contributed by atoms with van der Waals surface area (Å²) in [7, 11) is -3.14. The summed E-state index contributed by atoms with van der Waals surface area (Å²) >= 11 is 0. The van der Waals surface area contributed by atoms with Crippen molar-refractivity contribution in [3.8, 4) is 0 Å². The average Bonchev–Trinajstić information content (AvgIpc) is 3.37. The molecule has 7 heteroatoms. The summed E-state index contributed by atoms with van der Waals surface area (Å²) in [5.74, 6) is 0.557. The molecular formula is C16H23N3O3S. The number of hydrogen-bond donors (Lipinski definition) is 1. The van der Waals surface area contributed by atoms with Crippen molar-refractivity contribution in [1.29, 1.82) is 0 Å². The van der Waals surface area contributed by atoms with Gasteiger partial charge in [0.15, 0.2) is 0 Å². The molecule has 0 radical (unpaired) electrons. The number of pyridine rings is 1. The van der Waals surface area contributed by atoms with Crippen LogP contribution in [-0.4, -0.2) is 43.0 Å². The van der Waals surface area contributed by atoms with E-state index in [-0.39, 0.29) is 11.8 Å². The van der Waals surface area contributed by atoms with Crippen LogP contribution in [0.1, 0.15) is 42.7 Å². The predicted octanol–water partition coefficient (Wildman–Crippen LogP) is 1.25. The zero-order valence-corrected chi connectivity index (χ0v) is 14.2. The molecule has 126 valence electrons. The third-order valence-electron chi connectivity index (χ3n) is 4.63. The largest absolute Gasteiger partial charge is 0.352 e. The molecule has 0 bridgehead atoms. The van der Waals surface area contributed by atoms with Crippen LogP contribution in [0.25, 0.3) is 0 Å². The van der Waals surface area contributed by atoms with Crippen LogP contribution in [-0.2, 0) is 21.4 Å². The molecule has 23 heavy (non-hydrogen) atoms. The highest BCUT2D eigenvalue weighted by molar-refractivity contribution is 7.88. The van der Waals surface area contributed by atoms with Gasteiger partial charge in [0.05, 0.1) is 6.26 Å². The number of piperidine rings is 1. The van der Waals surface area contributed by atoms with E-state index in [9.17, 15) is 13.2 Å². The van der Waals surface area contributed by atoms with Gasteiger partial charge >= 0.3 is 0 Å². The van der Waals surface area contributed by atoms with Gasteiger partial charge in [0, 0.05) is 37.9 Å². The molecule has 1 aliphatic heterocycles. The van der Waals surface area contributed by atoms with E-state index >= 15 is 0 Å². The molecule has 0 spiro atoms. The lowest BCUT2D eigenvalue weighted by Crippen LogP contribution is -2.42. The van der Waals surface area contributed by atoms with Crippen LogP contribution < -0.4 is 5.32 Å². The van der Waals surface area contributed by atoms with Gasteiger partial charge in [-0.3, -0.25) is 9.78 Å². The third kappa shape index (κ3) is 4.29. The molecule has 1 amide bonds. The molecule has 1 aromatic rings. The number of amides is 1. The molecule has 2 aliphatic rings. The van der Waals surface area contributed by atoms with Crippen LogP contribution in [0.5, 0.6) is 0 Å². The van der Waals surface area contributed by atoms with E-state index in [1.54, 1.807) is 6.20 Å². The van der Waals surface area contributed by atoms with Gasteiger partial charge in [0.1, 0.15) is 0 Å². The first kappa shape index (κ1) is 16.4. The van der Waals surface area contributed by atoms with Crippen molar-refractivity contribution in [2.45, 2.75) is 38.1 Å². The van der Waals surface area contributed by atoms with Crippen LogP contribution in [0.2, 0.25) is 0 Å². The minimum atomic E-state index is -3.14. The lowest BCUT2D eigenvalue weighted by molar-refractivity contribution is -0.126. The van der Waals surface area contributed by atoms with Crippen LogP contribution in [0, 0.1) is 5.92 Å². The molecule has 0 atom stereocenters. The number of hydrogen-bond acceptors (Lipinski definition) is 4. The van der Waals surface area contributed by atoms with E-state index in [4.69, 9.17) is 0 Å². The van der Waals surface area contributed by atoms with E-state index in [0.29, 0.717) is 38.4 Å². The normalized spacial score (nSPS) is 20.4. The first-order chi connectivity index (χ1) is 10.9. The SMILES string of the molecule is CS(=O)(=O)N1CCC(C(=O)NCc2cncc(C3CC3)c2)CC1. The second kappa shape index (κ2) is 6.57. The number of nitrogens with one attached hydrogen (secondary N) is 1. The number of nitrogens with zero attached hydrogens (tertiary/aromatic N) is 2. The molecule has 1 aliphatic carbocycles. The van der Waals surface area contributed by atoms with Gasteiger partial charge in [0.25, 0.3) is 0 Å². The molecule has 1 saturated heterocycles. The first-order valence-corrected chi connectivity index (χ1v) is 9.95. The Balaban J connectivity index is 1.49. The Labute approximate surface area is 137 Å². The second-order valence-corrected chi connectivity index (χ2v) is 8.54. The highest BCUT2D eigenvalue weighted by atomic mass is 32.2.